The van der Waals surface area contributed by atoms with Gasteiger partial charge in [-0.3, -0.25) is 0 Å². The zero-order chi connectivity index (χ0) is 17.3. The van der Waals surface area contributed by atoms with Crippen molar-refractivity contribution in [1.82, 2.24) is 0 Å². The Balaban J connectivity index is 1.99. The fourth-order valence-corrected chi connectivity index (χ4v) is 2.99. The van der Waals surface area contributed by atoms with Crippen LogP contribution in [0.15, 0.2) is 24.3 Å². The molecule has 1 atom stereocenters. The predicted molar refractivity (Wildman–Crippen MR) is 87.6 cm³/mol. The topological polar surface area (TPSA) is 77.4 Å². The first-order valence-electron chi connectivity index (χ1n) is 7.59. The van der Waals surface area contributed by atoms with E-state index in [4.69, 9.17) is 18.9 Å². The van der Waals surface area contributed by atoms with E-state index in [1.807, 2.05) is 0 Å². The van der Waals surface area contributed by atoms with E-state index in [0.29, 0.717) is 35.7 Å². The lowest BCUT2D eigenvalue weighted by atomic mass is 9.96. The van der Waals surface area contributed by atoms with Gasteiger partial charge in [0, 0.05) is 17.2 Å². The first-order chi connectivity index (χ1) is 11.6. The average Bonchev–Trinajstić information content (AvgIpc) is 2.60. The molecule has 6 heteroatoms. The van der Waals surface area contributed by atoms with Crippen LogP contribution in [0.4, 0.5) is 0 Å². The quantitative estimate of drug-likeness (QED) is 0.895. The van der Waals surface area contributed by atoms with Gasteiger partial charge in [-0.25, -0.2) is 0 Å². The lowest BCUT2D eigenvalue weighted by Crippen LogP contribution is -2.16. The first kappa shape index (κ1) is 16.1. The molecule has 1 heterocycles. The Morgan fingerprint density at radius 1 is 0.958 bits per heavy atom. The molecule has 0 fully saturated rings. The summed E-state index contributed by atoms with van der Waals surface area (Å²) in [5.74, 6) is 1.83. The third-order valence-electron chi connectivity index (χ3n) is 4.18. The average molecular weight is 332 g/mol. The minimum atomic E-state index is -0.327. The highest BCUT2D eigenvalue weighted by Gasteiger charge is 2.29. The van der Waals surface area contributed by atoms with Crippen molar-refractivity contribution in [1.29, 1.82) is 0 Å². The van der Waals surface area contributed by atoms with Gasteiger partial charge in [0.1, 0.15) is 17.6 Å². The van der Waals surface area contributed by atoms with Crippen molar-refractivity contribution >= 4 is 0 Å². The molecule has 24 heavy (non-hydrogen) atoms. The van der Waals surface area contributed by atoms with Crippen LogP contribution in [0.3, 0.4) is 0 Å². The summed E-state index contributed by atoms with van der Waals surface area (Å²) in [6, 6.07) is 6.75. The monoisotopic (exact) mass is 332 g/mol. The highest BCUT2D eigenvalue weighted by Crippen LogP contribution is 2.51. The fourth-order valence-electron chi connectivity index (χ4n) is 2.99. The van der Waals surface area contributed by atoms with Gasteiger partial charge in [-0.15, -0.1) is 0 Å². The lowest BCUT2D eigenvalue weighted by Gasteiger charge is -2.29. The normalized spacial score (nSPS) is 16.0. The summed E-state index contributed by atoms with van der Waals surface area (Å²) in [6.45, 7) is 0. The van der Waals surface area contributed by atoms with Gasteiger partial charge >= 0.3 is 0 Å². The Kier molecular flexibility index (Phi) is 4.29. The third-order valence-corrected chi connectivity index (χ3v) is 4.18. The molecule has 2 aromatic rings. The van der Waals surface area contributed by atoms with E-state index in [1.165, 1.54) is 14.2 Å². The number of rotatable bonds is 4. The fraction of sp³-hybridized carbons (Fsp3) is 0.333. The number of phenolic OH excluding ortho intramolecular Hbond substituents is 2. The zero-order valence-corrected chi connectivity index (χ0v) is 13.8. The van der Waals surface area contributed by atoms with Gasteiger partial charge in [-0.1, -0.05) is 0 Å². The molecule has 2 N–H and O–H groups in total. The van der Waals surface area contributed by atoms with Crippen LogP contribution < -0.4 is 18.9 Å². The molecule has 0 aromatic heterocycles. The summed E-state index contributed by atoms with van der Waals surface area (Å²) in [4.78, 5) is 0. The molecule has 128 valence electrons. The minimum Gasteiger partial charge on any atom is -0.507 e. The molecule has 6 nitrogen and oxygen atoms in total. The second-order valence-electron chi connectivity index (χ2n) is 5.52. The summed E-state index contributed by atoms with van der Waals surface area (Å²) in [7, 11) is 4.50. The SMILES string of the molecule is COc1ccc([C@@H]2CCc3cc(O)c(OC)c(OC)c3O2)c(O)c1. The molecule has 0 unspecified atom stereocenters. The highest BCUT2D eigenvalue weighted by atomic mass is 16.5. The zero-order valence-electron chi connectivity index (χ0n) is 13.8. The van der Waals surface area contributed by atoms with Crippen LogP contribution in [-0.4, -0.2) is 31.5 Å². The molecular weight excluding hydrogens is 312 g/mol. The molecule has 2 aromatic carbocycles. The van der Waals surface area contributed by atoms with Crippen LogP contribution in [0.5, 0.6) is 34.5 Å². The van der Waals surface area contributed by atoms with Crippen molar-refractivity contribution in [2.24, 2.45) is 0 Å². The number of ether oxygens (including phenoxy) is 4. The maximum Gasteiger partial charge on any atom is 0.207 e. The minimum absolute atomic E-state index is 0.0162. The molecule has 1 aliphatic heterocycles. The molecule has 0 saturated carbocycles. The van der Waals surface area contributed by atoms with E-state index in [-0.39, 0.29) is 23.4 Å². The Hall–Kier alpha value is -2.76. The summed E-state index contributed by atoms with van der Waals surface area (Å²) >= 11 is 0. The molecular formula is C18H20O6. The van der Waals surface area contributed by atoms with Crippen LogP contribution >= 0.6 is 0 Å². The number of hydrogen-bond donors (Lipinski definition) is 2. The first-order valence-corrected chi connectivity index (χ1v) is 7.59. The van der Waals surface area contributed by atoms with Gasteiger partial charge in [0.25, 0.3) is 0 Å². The lowest BCUT2D eigenvalue weighted by molar-refractivity contribution is 0.162. The summed E-state index contributed by atoms with van der Waals surface area (Å²) in [5.41, 5.74) is 1.52. The number of hydrogen-bond acceptors (Lipinski definition) is 6. The Morgan fingerprint density at radius 2 is 1.71 bits per heavy atom. The van der Waals surface area contributed by atoms with Crippen molar-refractivity contribution in [2.75, 3.05) is 21.3 Å². The maximum absolute atomic E-state index is 10.2. The van der Waals surface area contributed by atoms with Crippen LogP contribution in [0, 0.1) is 0 Å². The van der Waals surface area contributed by atoms with Crippen LogP contribution in [-0.2, 0) is 6.42 Å². The molecule has 0 bridgehead atoms. The number of fused-ring (bicyclic) bond motifs is 1. The van der Waals surface area contributed by atoms with Crippen LogP contribution in [0.2, 0.25) is 0 Å². The molecule has 0 amide bonds. The second-order valence-corrected chi connectivity index (χ2v) is 5.52. The van der Waals surface area contributed by atoms with Gasteiger partial charge < -0.3 is 29.2 Å². The Labute approximate surface area is 140 Å². The van der Waals surface area contributed by atoms with E-state index in [2.05, 4.69) is 0 Å². The molecule has 3 rings (SSSR count). The molecule has 1 aliphatic rings. The van der Waals surface area contributed by atoms with Gasteiger partial charge in [-0.05, 0) is 31.0 Å². The highest BCUT2D eigenvalue weighted by molar-refractivity contribution is 5.63. The number of benzene rings is 2. The van der Waals surface area contributed by atoms with Crippen LogP contribution in [0.1, 0.15) is 23.7 Å². The largest absolute Gasteiger partial charge is 0.507 e. The predicted octanol–water partition coefficient (Wildman–Crippen LogP) is 3.19. The number of methoxy groups -OCH3 is 3. The van der Waals surface area contributed by atoms with Crippen molar-refractivity contribution < 1.29 is 29.2 Å². The van der Waals surface area contributed by atoms with Crippen molar-refractivity contribution in [3.63, 3.8) is 0 Å². The molecule has 0 aliphatic carbocycles. The molecule has 0 spiro atoms. The van der Waals surface area contributed by atoms with Gasteiger partial charge in [0.15, 0.2) is 11.5 Å². The number of phenols is 2. The smallest absolute Gasteiger partial charge is 0.207 e. The van der Waals surface area contributed by atoms with E-state index >= 15 is 0 Å². The van der Waals surface area contributed by atoms with Crippen molar-refractivity contribution in [2.45, 2.75) is 18.9 Å². The number of aryl methyl sites for hydroxylation is 1. The Bertz CT molecular complexity index is 756. The standard InChI is InChI=1S/C18H20O6/c1-21-11-5-6-12(13(19)9-11)15-7-4-10-8-14(20)17(22-2)18(23-3)16(10)24-15/h5-6,8-9,15,19-20H,4,7H2,1-3H3/t15-/m0/s1. The summed E-state index contributed by atoms with van der Waals surface area (Å²) in [6.07, 6.45) is 1.02. The Morgan fingerprint density at radius 3 is 2.33 bits per heavy atom. The third kappa shape index (κ3) is 2.64. The van der Waals surface area contributed by atoms with E-state index in [0.717, 1.165) is 5.56 Å². The van der Waals surface area contributed by atoms with Gasteiger partial charge in [0.2, 0.25) is 11.5 Å². The van der Waals surface area contributed by atoms with Crippen molar-refractivity contribution in [3.8, 4) is 34.5 Å². The van der Waals surface area contributed by atoms with Gasteiger partial charge in [0.05, 0.1) is 21.3 Å². The maximum atomic E-state index is 10.2. The van der Waals surface area contributed by atoms with Crippen molar-refractivity contribution in [3.05, 3.63) is 35.4 Å². The molecule has 0 saturated heterocycles. The van der Waals surface area contributed by atoms with E-state index < -0.39 is 0 Å². The van der Waals surface area contributed by atoms with Crippen LogP contribution in [0.25, 0.3) is 0 Å². The summed E-state index contributed by atoms with van der Waals surface area (Å²) in [5, 5.41) is 20.3. The second kappa shape index (κ2) is 6.39. The number of aromatic hydroxyl groups is 2. The van der Waals surface area contributed by atoms with Gasteiger partial charge in [-0.2, -0.15) is 0 Å². The summed E-state index contributed by atoms with van der Waals surface area (Å²) < 4.78 is 21.8. The van der Waals surface area contributed by atoms with E-state index in [9.17, 15) is 10.2 Å². The molecule has 0 radical (unpaired) electrons. The van der Waals surface area contributed by atoms with E-state index in [1.54, 1.807) is 31.4 Å².